The molecular weight excluding hydrogens is 455 g/mol. The monoisotopic (exact) mass is 471 g/mol. The zero-order chi connectivity index (χ0) is 23.0. The summed E-state index contributed by atoms with van der Waals surface area (Å²) >= 11 is 1.42. The molecule has 0 saturated carbocycles. The van der Waals surface area contributed by atoms with Gasteiger partial charge < -0.3 is 5.11 Å². The highest BCUT2D eigenvalue weighted by Gasteiger charge is 2.42. The van der Waals surface area contributed by atoms with Crippen molar-refractivity contribution in [3.63, 3.8) is 0 Å². The fraction of sp³-hybridized carbons (Fsp3) is 0.158. The lowest BCUT2D eigenvalue weighted by Gasteiger charge is -2.19. The fourth-order valence-electron chi connectivity index (χ4n) is 3.05. The van der Waals surface area contributed by atoms with E-state index >= 15 is 0 Å². The molecule has 0 fully saturated rings. The van der Waals surface area contributed by atoms with Crippen molar-refractivity contribution in [3.8, 4) is 11.1 Å². The number of sulfonamides is 1. The van der Waals surface area contributed by atoms with Gasteiger partial charge in [0.25, 0.3) is 0 Å². The number of aliphatic carboxylic acids is 1. The van der Waals surface area contributed by atoms with Gasteiger partial charge in [-0.05, 0) is 41.6 Å². The molecule has 0 amide bonds. The smallest absolute Gasteiger partial charge is 0.433 e. The lowest BCUT2D eigenvalue weighted by atomic mass is 10.0. The van der Waals surface area contributed by atoms with Crippen LogP contribution in [0.1, 0.15) is 17.3 Å². The van der Waals surface area contributed by atoms with Gasteiger partial charge in [0, 0.05) is 10.5 Å². The molecule has 3 rings (SSSR count). The average molecular weight is 471 g/mol. The Morgan fingerprint density at radius 1 is 1.13 bits per heavy atom. The van der Waals surface area contributed by atoms with Crippen LogP contribution >= 0.6 is 11.8 Å². The molecule has 164 valence electrons. The third-order valence-electron chi connectivity index (χ3n) is 4.47. The van der Waals surface area contributed by atoms with Crippen LogP contribution in [0, 0.1) is 0 Å². The number of nitrogens with zero attached hydrogens (tertiary/aromatic N) is 2. The normalized spacial score (nSPS) is 13.2. The first-order valence-electron chi connectivity index (χ1n) is 8.58. The quantitative estimate of drug-likeness (QED) is 0.531. The predicted octanol–water partition coefficient (Wildman–Crippen LogP) is 3.61. The molecule has 1 atom stereocenters. The molecule has 0 radical (unpaired) electrons. The summed E-state index contributed by atoms with van der Waals surface area (Å²) in [5.41, 5.74) is -1.37. The Hall–Kier alpha value is -2.83. The van der Waals surface area contributed by atoms with E-state index in [9.17, 15) is 31.5 Å². The summed E-state index contributed by atoms with van der Waals surface area (Å²) in [6.45, 7) is 0. The minimum atomic E-state index is -4.90. The number of carbonyl (C=O) groups is 1. The molecule has 2 aromatic carbocycles. The Labute approximate surface area is 179 Å². The van der Waals surface area contributed by atoms with E-state index in [0.717, 1.165) is 35.4 Å². The van der Waals surface area contributed by atoms with Gasteiger partial charge in [-0.3, -0.25) is 0 Å². The Kier molecular flexibility index (Phi) is 6.16. The number of hydrogen-bond donors (Lipinski definition) is 2. The molecule has 3 N–H and O–H groups in total. The standard InChI is InChI=1S/C19H16F3N3O4S2/c1-30-13-6-2-11(3-7-13)15-10-24-25(17(15)19(20,21)22)16(18(26)27)12-4-8-14(9-5-12)31(23,28)29/h2-10,16H,1H3,(H,26,27)(H2,23,28,29). The molecule has 1 unspecified atom stereocenters. The molecule has 0 aliphatic heterocycles. The summed E-state index contributed by atoms with van der Waals surface area (Å²) in [5, 5.41) is 18.4. The number of aromatic nitrogens is 2. The van der Waals surface area contributed by atoms with Crippen molar-refractivity contribution in [1.29, 1.82) is 0 Å². The highest BCUT2D eigenvalue weighted by molar-refractivity contribution is 7.98. The van der Waals surface area contributed by atoms with Crippen molar-refractivity contribution in [3.05, 3.63) is 66.0 Å². The van der Waals surface area contributed by atoms with Crippen molar-refractivity contribution in [2.75, 3.05) is 6.26 Å². The second kappa shape index (κ2) is 8.36. The van der Waals surface area contributed by atoms with Crippen molar-refractivity contribution < 1.29 is 31.5 Å². The van der Waals surface area contributed by atoms with Gasteiger partial charge in [0.05, 0.1) is 11.1 Å². The van der Waals surface area contributed by atoms with E-state index in [-0.39, 0.29) is 21.6 Å². The number of carboxylic acid groups (broad SMARTS) is 1. The number of thioether (sulfide) groups is 1. The largest absolute Gasteiger partial charge is 0.479 e. The van der Waals surface area contributed by atoms with Gasteiger partial charge in [-0.2, -0.15) is 18.3 Å². The number of halogens is 3. The topological polar surface area (TPSA) is 115 Å². The van der Waals surface area contributed by atoms with E-state index < -0.39 is 33.9 Å². The van der Waals surface area contributed by atoms with Crippen molar-refractivity contribution in [2.45, 2.75) is 22.0 Å². The summed E-state index contributed by atoms with van der Waals surface area (Å²) in [4.78, 5) is 12.5. The van der Waals surface area contributed by atoms with E-state index in [2.05, 4.69) is 5.10 Å². The van der Waals surface area contributed by atoms with Crippen LogP contribution in [0.5, 0.6) is 0 Å². The fourth-order valence-corrected chi connectivity index (χ4v) is 3.97. The number of alkyl halides is 3. The number of primary sulfonamides is 1. The highest BCUT2D eigenvalue weighted by Crippen LogP contribution is 2.39. The van der Waals surface area contributed by atoms with E-state index in [4.69, 9.17) is 5.14 Å². The molecular formula is C19H16F3N3O4S2. The Morgan fingerprint density at radius 2 is 1.71 bits per heavy atom. The SMILES string of the molecule is CSc1ccc(-c2cnn(C(C(=O)O)c3ccc(S(N)(=O)=O)cc3)c2C(F)(F)F)cc1. The zero-order valence-electron chi connectivity index (χ0n) is 15.9. The number of hydrogen-bond acceptors (Lipinski definition) is 5. The molecule has 12 heteroatoms. The predicted molar refractivity (Wildman–Crippen MR) is 108 cm³/mol. The van der Waals surface area contributed by atoms with Crippen molar-refractivity contribution >= 4 is 27.8 Å². The van der Waals surface area contributed by atoms with Crippen molar-refractivity contribution in [1.82, 2.24) is 9.78 Å². The lowest BCUT2D eigenvalue weighted by Crippen LogP contribution is -2.26. The van der Waals surface area contributed by atoms with Crippen LogP contribution in [-0.4, -0.2) is 35.5 Å². The number of nitrogens with two attached hydrogens (primary N) is 1. The summed E-state index contributed by atoms with van der Waals surface area (Å²) in [7, 11) is -4.05. The molecule has 1 heterocycles. The molecule has 1 aromatic heterocycles. The first-order chi connectivity index (χ1) is 14.4. The van der Waals surface area contributed by atoms with Crippen LogP contribution in [0.25, 0.3) is 11.1 Å². The maximum Gasteiger partial charge on any atom is 0.433 e. The minimum Gasteiger partial charge on any atom is -0.479 e. The first kappa shape index (κ1) is 22.8. The molecule has 31 heavy (non-hydrogen) atoms. The van der Waals surface area contributed by atoms with Gasteiger partial charge in [0.15, 0.2) is 11.7 Å². The van der Waals surface area contributed by atoms with Crippen LogP contribution in [0.3, 0.4) is 0 Å². The van der Waals surface area contributed by atoms with Gasteiger partial charge in [0.1, 0.15) is 0 Å². The van der Waals surface area contributed by atoms with E-state index in [1.165, 1.54) is 23.9 Å². The average Bonchev–Trinajstić information content (AvgIpc) is 3.12. The van der Waals surface area contributed by atoms with E-state index in [1.807, 2.05) is 6.26 Å². The van der Waals surface area contributed by atoms with Crippen LogP contribution < -0.4 is 5.14 Å². The summed E-state index contributed by atoms with van der Waals surface area (Å²) < 4.78 is 65.1. The lowest BCUT2D eigenvalue weighted by molar-refractivity contribution is -0.148. The molecule has 0 saturated heterocycles. The van der Waals surface area contributed by atoms with E-state index in [1.54, 1.807) is 12.1 Å². The molecule has 7 nitrogen and oxygen atoms in total. The second-order valence-electron chi connectivity index (χ2n) is 6.43. The maximum absolute atomic E-state index is 14.0. The third-order valence-corrected chi connectivity index (χ3v) is 6.14. The number of benzene rings is 2. The van der Waals surface area contributed by atoms with Crippen molar-refractivity contribution in [2.24, 2.45) is 5.14 Å². The van der Waals surface area contributed by atoms with Gasteiger partial charge in [0.2, 0.25) is 10.0 Å². The first-order valence-corrected chi connectivity index (χ1v) is 11.4. The third kappa shape index (κ3) is 4.75. The van der Waals surface area contributed by atoms with Gasteiger partial charge in [-0.1, -0.05) is 24.3 Å². The zero-order valence-corrected chi connectivity index (χ0v) is 17.5. The Balaban J connectivity index is 2.16. The van der Waals surface area contributed by atoms with Gasteiger partial charge >= 0.3 is 12.1 Å². The van der Waals surface area contributed by atoms with Gasteiger partial charge in [-0.15, -0.1) is 11.8 Å². The van der Waals surface area contributed by atoms with E-state index in [0.29, 0.717) is 4.68 Å². The summed E-state index contributed by atoms with van der Waals surface area (Å²) in [5.74, 6) is -1.60. The Morgan fingerprint density at radius 3 is 2.16 bits per heavy atom. The number of carboxylic acids is 1. The molecule has 0 spiro atoms. The van der Waals surface area contributed by atoms with Crippen LogP contribution in [0.15, 0.2) is 64.5 Å². The second-order valence-corrected chi connectivity index (χ2v) is 8.87. The summed E-state index contributed by atoms with van der Waals surface area (Å²) in [6.07, 6.45) is -2.11. The molecule has 0 aliphatic rings. The summed E-state index contributed by atoms with van der Waals surface area (Å²) in [6, 6.07) is 8.69. The maximum atomic E-state index is 14.0. The van der Waals surface area contributed by atoms with Crippen LogP contribution in [0.4, 0.5) is 13.2 Å². The molecule has 0 bridgehead atoms. The van der Waals surface area contributed by atoms with Gasteiger partial charge in [-0.25, -0.2) is 23.0 Å². The highest BCUT2D eigenvalue weighted by atomic mass is 32.2. The Bertz CT molecular complexity index is 1210. The minimum absolute atomic E-state index is 0.0993. The molecule has 3 aromatic rings. The van der Waals surface area contributed by atoms with Crippen LogP contribution in [-0.2, 0) is 21.0 Å². The number of rotatable bonds is 6. The molecule has 0 aliphatic carbocycles. The van der Waals surface area contributed by atoms with Crippen LogP contribution in [0.2, 0.25) is 0 Å².